The minimum Gasteiger partial charge on any atom is -0.351 e. The molecule has 0 radical (unpaired) electrons. The van der Waals surface area contributed by atoms with Gasteiger partial charge < -0.3 is 14.8 Å². The van der Waals surface area contributed by atoms with Crippen LogP contribution in [0, 0.1) is 0 Å². The molecule has 1 unspecified atom stereocenters. The predicted octanol–water partition coefficient (Wildman–Crippen LogP) is 7.22. The Morgan fingerprint density at radius 3 is 2.76 bits per heavy atom. The average Bonchev–Trinajstić information content (AvgIpc) is 3.49. The summed E-state index contributed by atoms with van der Waals surface area (Å²) in [5.74, 6) is -0.138. The van der Waals surface area contributed by atoms with Crippen molar-refractivity contribution in [1.82, 2.24) is 14.8 Å². The Hall–Kier alpha value is -2.64. The molecule has 194 valence electrons. The van der Waals surface area contributed by atoms with Gasteiger partial charge in [0, 0.05) is 17.1 Å². The monoisotopic (exact) mass is 579 g/mol. The quantitative estimate of drug-likeness (QED) is 0.286. The summed E-state index contributed by atoms with van der Waals surface area (Å²) >= 11 is 5.20. The second-order valence-corrected chi connectivity index (χ2v) is 12.0. The van der Waals surface area contributed by atoms with Gasteiger partial charge in [0.1, 0.15) is 11.2 Å². The van der Waals surface area contributed by atoms with Crippen LogP contribution in [0.25, 0.3) is 10.2 Å². The number of rotatable bonds is 8. The number of nitrogens with one attached hydrogen (secondary N) is 1. The molecule has 1 fully saturated rings. The molecule has 37 heavy (non-hydrogen) atoms. The lowest BCUT2D eigenvalue weighted by Gasteiger charge is -2.46. The lowest BCUT2D eigenvalue weighted by Crippen LogP contribution is -2.66. The van der Waals surface area contributed by atoms with Crippen LogP contribution in [-0.2, 0) is 17.9 Å². The number of amides is 2. The number of hydrogen-bond acceptors (Lipinski definition) is 3. The van der Waals surface area contributed by atoms with Crippen molar-refractivity contribution in [2.24, 2.45) is 0 Å². The van der Waals surface area contributed by atoms with Gasteiger partial charge in [-0.15, -0.1) is 11.3 Å². The number of aromatic nitrogens is 1. The summed E-state index contributed by atoms with van der Waals surface area (Å²) in [5.41, 5.74) is 1.65. The summed E-state index contributed by atoms with van der Waals surface area (Å²) in [7, 11) is 0. The molecule has 1 atom stereocenters. The normalized spacial score (nSPS) is 20.8. The number of allylic oxidation sites excluding steroid dienone is 3. The lowest BCUT2D eigenvalue weighted by molar-refractivity contribution is -0.135. The van der Waals surface area contributed by atoms with E-state index in [1.54, 1.807) is 11.3 Å². The number of carbonyl (C=O) groups excluding carboxylic acids is 2. The first kappa shape index (κ1) is 26.0. The van der Waals surface area contributed by atoms with Crippen LogP contribution in [0.15, 0.2) is 70.6 Å². The SMILES string of the molecule is CC/C=C\C=C/CC1(C(=O)NC2CCCCC2)Cn2c(cc3sccc32)C(=O)N1Cc1cccc(Br)c1. The zero-order valence-electron chi connectivity index (χ0n) is 21.3. The number of thiophene rings is 1. The van der Waals surface area contributed by atoms with E-state index in [2.05, 4.69) is 50.3 Å². The van der Waals surface area contributed by atoms with Gasteiger partial charge >= 0.3 is 0 Å². The van der Waals surface area contributed by atoms with Crippen molar-refractivity contribution in [3.63, 3.8) is 0 Å². The first-order valence-electron chi connectivity index (χ1n) is 13.3. The minimum absolute atomic E-state index is 0.0467. The second-order valence-electron chi connectivity index (χ2n) is 10.1. The molecule has 1 aliphatic heterocycles. The molecule has 7 heteroatoms. The zero-order valence-corrected chi connectivity index (χ0v) is 23.7. The van der Waals surface area contributed by atoms with Crippen molar-refractivity contribution in [2.45, 2.75) is 76.5 Å². The summed E-state index contributed by atoms with van der Waals surface area (Å²) in [4.78, 5) is 30.4. The fraction of sp³-hybridized carbons (Fsp3) is 0.400. The highest BCUT2D eigenvalue weighted by atomic mass is 79.9. The van der Waals surface area contributed by atoms with E-state index in [1.165, 1.54) is 6.42 Å². The van der Waals surface area contributed by atoms with Crippen molar-refractivity contribution in [1.29, 1.82) is 0 Å². The van der Waals surface area contributed by atoms with Crippen LogP contribution in [0.1, 0.15) is 67.9 Å². The van der Waals surface area contributed by atoms with E-state index >= 15 is 0 Å². The smallest absolute Gasteiger partial charge is 0.271 e. The van der Waals surface area contributed by atoms with Crippen LogP contribution in [0.2, 0.25) is 0 Å². The fourth-order valence-corrected chi connectivity index (χ4v) is 6.90. The minimum atomic E-state index is -1.03. The van der Waals surface area contributed by atoms with E-state index in [0.29, 0.717) is 25.2 Å². The molecule has 1 saturated carbocycles. The highest BCUT2D eigenvalue weighted by molar-refractivity contribution is 9.10. The van der Waals surface area contributed by atoms with Gasteiger partial charge in [0.15, 0.2) is 0 Å². The summed E-state index contributed by atoms with van der Waals surface area (Å²) in [5, 5.41) is 5.44. The van der Waals surface area contributed by atoms with E-state index in [-0.39, 0.29) is 17.9 Å². The molecule has 2 amide bonds. The van der Waals surface area contributed by atoms with Crippen molar-refractivity contribution >= 4 is 49.3 Å². The first-order valence-corrected chi connectivity index (χ1v) is 14.9. The molecule has 0 spiro atoms. The number of carbonyl (C=O) groups is 2. The topological polar surface area (TPSA) is 54.3 Å². The Bertz CT molecular complexity index is 1330. The van der Waals surface area contributed by atoms with Crippen molar-refractivity contribution < 1.29 is 9.59 Å². The third-order valence-electron chi connectivity index (χ3n) is 7.59. The van der Waals surface area contributed by atoms with Crippen LogP contribution in [-0.4, -0.2) is 32.9 Å². The fourth-order valence-electron chi connectivity index (χ4n) is 5.63. The van der Waals surface area contributed by atoms with Gasteiger partial charge in [0.05, 0.1) is 16.8 Å². The molecule has 5 nitrogen and oxygen atoms in total. The molecule has 2 aliphatic rings. The predicted molar refractivity (Wildman–Crippen MR) is 155 cm³/mol. The molecule has 2 aromatic heterocycles. The van der Waals surface area contributed by atoms with Crippen molar-refractivity contribution in [2.75, 3.05) is 0 Å². The maximum atomic E-state index is 14.4. The molecule has 5 rings (SSSR count). The van der Waals surface area contributed by atoms with Gasteiger partial charge in [-0.25, -0.2) is 0 Å². The van der Waals surface area contributed by atoms with Crippen LogP contribution in [0.5, 0.6) is 0 Å². The van der Waals surface area contributed by atoms with Crippen LogP contribution in [0.3, 0.4) is 0 Å². The average molecular weight is 581 g/mol. The highest BCUT2D eigenvalue weighted by Gasteiger charge is 2.51. The summed E-state index contributed by atoms with van der Waals surface area (Å²) in [6.45, 7) is 2.90. The van der Waals surface area contributed by atoms with Gasteiger partial charge in [0.25, 0.3) is 5.91 Å². The number of hydrogen-bond donors (Lipinski definition) is 1. The molecule has 1 aromatic carbocycles. The van der Waals surface area contributed by atoms with Gasteiger partial charge in [-0.05, 0) is 60.9 Å². The summed E-state index contributed by atoms with van der Waals surface area (Å²) in [6, 6.07) is 12.2. The third kappa shape index (κ3) is 5.34. The van der Waals surface area contributed by atoms with Crippen molar-refractivity contribution in [3.05, 3.63) is 81.8 Å². The number of nitrogens with zero attached hydrogens (tertiary/aromatic N) is 2. The van der Waals surface area contributed by atoms with Gasteiger partial charge in [-0.2, -0.15) is 0 Å². The van der Waals surface area contributed by atoms with Crippen LogP contribution < -0.4 is 5.32 Å². The van der Waals surface area contributed by atoms with E-state index in [1.807, 2.05) is 53.5 Å². The Labute approximate surface area is 231 Å². The van der Waals surface area contributed by atoms with Crippen molar-refractivity contribution in [3.8, 4) is 0 Å². The molecule has 3 aromatic rings. The zero-order chi connectivity index (χ0) is 25.8. The Morgan fingerprint density at radius 1 is 1.16 bits per heavy atom. The molecular weight excluding hydrogens is 546 g/mol. The van der Waals surface area contributed by atoms with Gasteiger partial charge in [0.2, 0.25) is 5.91 Å². The van der Waals surface area contributed by atoms with Gasteiger partial charge in [-0.1, -0.05) is 78.6 Å². The highest BCUT2D eigenvalue weighted by Crippen LogP contribution is 2.38. The maximum Gasteiger partial charge on any atom is 0.271 e. The molecule has 3 heterocycles. The van der Waals surface area contributed by atoms with E-state index in [9.17, 15) is 9.59 Å². The molecule has 0 saturated heterocycles. The lowest BCUT2D eigenvalue weighted by atomic mass is 9.86. The Balaban J connectivity index is 1.60. The number of halogens is 1. The first-order chi connectivity index (χ1) is 18.0. The van der Waals surface area contributed by atoms with E-state index < -0.39 is 5.54 Å². The molecular formula is C30H34BrN3O2S. The molecule has 1 aliphatic carbocycles. The van der Waals surface area contributed by atoms with Crippen LogP contribution in [0.4, 0.5) is 0 Å². The van der Waals surface area contributed by atoms with Crippen LogP contribution >= 0.6 is 27.3 Å². The standard InChI is InChI=1S/C30H34BrN3O2S/c1-2-3-4-5-9-16-30(29(36)32-24-13-7-6-8-14-24)21-33-25-15-17-37-27(25)19-26(33)28(35)34(30)20-22-11-10-12-23(31)18-22/h3-5,9-12,15,17-19,24H,2,6-8,13-14,16,20-21H2,1H3,(H,32,36)/b4-3-,9-5-. The summed E-state index contributed by atoms with van der Waals surface area (Å²) < 4.78 is 4.11. The largest absolute Gasteiger partial charge is 0.351 e. The maximum absolute atomic E-state index is 14.4. The number of fused-ring (bicyclic) bond motifs is 3. The summed E-state index contributed by atoms with van der Waals surface area (Å²) in [6.07, 6.45) is 15.1. The second kappa shape index (κ2) is 11.4. The van der Waals surface area contributed by atoms with Gasteiger partial charge in [-0.3, -0.25) is 9.59 Å². The van der Waals surface area contributed by atoms with E-state index in [4.69, 9.17) is 0 Å². The Kier molecular flexibility index (Phi) is 8.01. The third-order valence-corrected chi connectivity index (χ3v) is 8.94. The number of benzene rings is 1. The molecule has 0 bridgehead atoms. The molecule has 1 N–H and O–H groups in total. The van der Waals surface area contributed by atoms with E-state index in [0.717, 1.165) is 52.4 Å². The Morgan fingerprint density at radius 2 is 1.97 bits per heavy atom.